The van der Waals surface area contributed by atoms with Crippen molar-refractivity contribution in [2.45, 2.75) is 19.3 Å². The average molecular weight is 422 g/mol. The number of pyridine rings is 1. The standard InChI is InChI=1S/C26H22N4O2/c1-29-25(17-13-21-19(26(31)32)10-11-27-22(21)14-17)20-9-8-18(15-23(20)28-29)30-12-4-6-16-5-2-3-7-24(16)30/h2-3,5,7-11,14-15H,4,6,12-13H2,1H3,(H,31,32). The number of aromatic carboxylic acids is 1. The molecule has 2 aromatic heterocycles. The molecule has 2 aromatic carbocycles. The first-order valence-corrected chi connectivity index (χ1v) is 10.8. The maximum Gasteiger partial charge on any atom is 0.336 e. The SMILES string of the molecule is Cn1nc2cc(N3CCCc4ccccc43)ccc2c1C1=Cc2nccc(C(=O)O)c2C1. The zero-order valence-electron chi connectivity index (χ0n) is 17.7. The van der Waals surface area contributed by atoms with Crippen LogP contribution in [-0.2, 0) is 19.9 Å². The first-order valence-electron chi connectivity index (χ1n) is 10.8. The van der Waals surface area contributed by atoms with Crippen molar-refractivity contribution in [1.82, 2.24) is 14.8 Å². The van der Waals surface area contributed by atoms with Crippen LogP contribution >= 0.6 is 0 Å². The number of benzene rings is 2. The van der Waals surface area contributed by atoms with Crippen LogP contribution in [0.2, 0.25) is 0 Å². The number of carbonyl (C=O) groups is 1. The molecule has 0 saturated carbocycles. The molecule has 1 N–H and O–H groups in total. The zero-order valence-corrected chi connectivity index (χ0v) is 17.7. The fourth-order valence-electron chi connectivity index (χ4n) is 5.12. The van der Waals surface area contributed by atoms with Crippen LogP contribution in [0.4, 0.5) is 11.4 Å². The van der Waals surface area contributed by atoms with Gasteiger partial charge in [-0.3, -0.25) is 9.67 Å². The van der Waals surface area contributed by atoms with Gasteiger partial charge in [0, 0.05) is 43.0 Å². The fraction of sp³-hybridized carbons (Fsp3) is 0.192. The van der Waals surface area contributed by atoms with Crippen molar-refractivity contribution in [3.05, 3.63) is 82.8 Å². The Labute approximate surface area is 185 Å². The van der Waals surface area contributed by atoms with Crippen LogP contribution in [0.1, 0.15) is 39.3 Å². The number of fused-ring (bicyclic) bond motifs is 3. The summed E-state index contributed by atoms with van der Waals surface area (Å²) in [5, 5.41) is 15.4. The number of carboxylic acid groups (broad SMARTS) is 1. The van der Waals surface area contributed by atoms with E-state index in [0.29, 0.717) is 12.0 Å². The Bertz CT molecular complexity index is 1430. The lowest BCUT2D eigenvalue weighted by Crippen LogP contribution is -2.24. The number of nitrogens with zero attached hydrogens (tertiary/aromatic N) is 4. The lowest BCUT2D eigenvalue weighted by Gasteiger charge is -2.31. The van der Waals surface area contributed by atoms with E-state index in [1.807, 2.05) is 17.8 Å². The third-order valence-electron chi connectivity index (χ3n) is 6.54. The van der Waals surface area contributed by atoms with Gasteiger partial charge in [0.2, 0.25) is 0 Å². The Morgan fingerprint density at radius 2 is 2.00 bits per heavy atom. The third-order valence-corrected chi connectivity index (χ3v) is 6.54. The number of anilines is 2. The van der Waals surface area contributed by atoms with Crippen LogP contribution in [0, 0.1) is 0 Å². The van der Waals surface area contributed by atoms with Gasteiger partial charge in [-0.2, -0.15) is 5.10 Å². The van der Waals surface area contributed by atoms with Gasteiger partial charge in [0.1, 0.15) is 0 Å². The van der Waals surface area contributed by atoms with E-state index in [4.69, 9.17) is 5.10 Å². The van der Waals surface area contributed by atoms with Crippen molar-refractivity contribution in [2.75, 3.05) is 11.4 Å². The Morgan fingerprint density at radius 3 is 2.88 bits per heavy atom. The van der Waals surface area contributed by atoms with E-state index in [0.717, 1.165) is 58.5 Å². The van der Waals surface area contributed by atoms with Crippen LogP contribution < -0.4 is 4.90 Å². The summed E-state index contributed by atoms with van der Waals surface area (Å²) in [4.78, 5) is 18.4. The molecular weight excluding hydrogens is 400 g/mol. The van der Waals surface area contributed by atoms with E-state index in [-0.39, 0.29) is 0 Å². The molecular formula is C26H22N4O2. The van der Waals surface area contributed by atoms with Crippen molar-refractivity contribution < 1.29 is 9.90 Å². The maximum absolute atomic E-state index is 11.6. The van der Waals surface area contributed by atoms with Crippen LogP contribution in [0.3, 0.4) is 0 Å². The van der Waals surface area contributed by atoms with E-state index >= 15 is 0 Å². The molecule has 0 radical (unpaired) electrons. The summed E-state index contributed by atoms with van der Waals surface area (Å²) >= 11 is 0. The number of rotatable bonds is 3. The molecule has 2 aliphatic rings. The van der Waals surface area contributed by atoms with Gasteiger partial charge < -0.3 is 10.0 Å². The lowest BCUT2D eigenvalue weighted by atomic mass is 10.00. The van der Waals surface area contributed by atoms with Gasteiger partial charge in [0.05, 0.1) is 22.5 Å². The Morgan fingerprint density at radius 1 is 1.12 bits per heavy atom. The highest BCUT2D eigenvalue weighted by Gasteiger charge is 2.25. The molecule has 0 spiro atoms. The van der Waals surface area contributed by atoms with Gasteiger partial charge in [-0.25, -0.2) is 4.79 Å². The number of aryl methyl sites for hydroxylation is 2. The molecule has 0 fully saturated rings. The number of carboxylic acids is 1. The van der Waals surface area contributed by atoms with E-state index in [2.05, 4.69) is 52.3 Å². The van der Waals surface area contributed by atoms with Gasteiger partial charge in [0.15, 0.2) is 0 Å². The van der Waals surface area contributed by atoms with Crippen molar-refractivity contribution in [3.63, 3.8) is 0 Å². The number of allylic oxidation sites excluding steroid dienone is 1. The number of hydrogen-bond donors (Lipinski definition) is 1. The molecule has 6 nitrogen and oxygen atoms in total. The second kappa shape index (κ2) is 7.05. The van der Waals surface area contributed by atoms with Gasteiger partial charge in [-0.05, 0) is 65.9 Å². The molecule has 6 heteroatoms. The summed E-state index contributed by atoms with van der Waals surface area (Å²) in [5.41, 5.74) is 8.62. The molecule has 0 atom stereocenters. The molecule has 4 aromatic rings. The van der Waals surface area contributed by atoms with E-state index < -0.39 is 5.97 Å². The summed E-state index contributed by atoms with van der Waals surface area (Å²) in [5.74, 6) is -0.917. The van der Waals surface area contributed by atoms with Crippen molar-refractivity contribution in [2.24, 2.45) is 7.05 Å². The maximum atomic E-state index is 11.6. The zero-order chi connectivity index (χ0) is 21.8. The lowest BCUT2D eigenvalue weighted by molar-refractivity contribution is 0.0695. The van der Waals surface area contributed by atoms with Crippen LogP contribution in [-0.4, -0.2) is 32.4 Å². The fourth-order valence-corrected chi connectivity index (χ4v) is 5.12. The van der Waals surface area contributed by atoms with Crippen molar-refractivity contribution >= 4 is 39.9 Å². The third kappa shape index (κ3) is 2.83. The second-order valence-corrected chi connectivity index (χ2v) is 8.43. The number of para-hydroxylation sites is 1. The average Bonchev–Trinajstić information content (AvgIpc) is 3.37. The molecule has 32 heavy (non-hydrogen) atoms. The molecule has 3 heterocycles. The minimum atomic E-state index is -0.917. The van der Waals surface area contributed by atoms with Gasteiger partial charge in [-0.1, -0.05) is 18.2 Å². The highest BCUT2D eigenvalue weighted by Crippen LogP contribution is 2.38. The molecule has 6 rings (SSSR count). The summed E-state index contributed by atoms with van der Waals surface area (Å²) < 4.78 is 1.90. The minimum Gasteiger partial charge on any atom is -0.478 e. The van der Waals surface area contributed by atoms with Crippen molar-refractivity contribution in [1.29, 1.82) is 0 Å². The van der Waals surface area contributed by atoms with Gasteiger partial charge >= 0.3 is 5.97 Å². The summed E-state index contributed by atoms with van der Waals surface area (Å²) in [6.45, 7) is 0.992. The van der Waals surface area contributed by atoms with E-state index in [1.165, 1.54) is 11.3 Å². The largest absolute Gasteiger partial charge is 0.478 e. The molecule has 0 saturated heterocycles. The van der Waals surface area contributed by atoms with Gasteiger partial charge in [-0.15, -0.1) is 0 Å². The Balaban J connectivity index is 1.41. The minimum absolute atomic E-state index is 0.318. The highest BCUT2D eigenvalue weighted by molar-refractivity contribution is 6.01. The Kier molecular flexibility index (Phi) is 4.15. The van der Waals surface area contributed by atoms with Crippen molar-refractivity contribution in [3.8, 4) is 0 Å². The molecule has 0 bridgehead atoms. The number of hydrogen-bond acceptors (Lipinski definition) is 4. The molecule has 158 valence electrons. The summed E-state index contributed by atoms with van der Waals surface area (Å²) in [6, 6.07) is 16.6. The normalized spacial score (nSPS) is 14.9. The number of aromatic nitrogens is 3. The first-order chi connectivity index (χ1) is 15.6. The molecule has 1 aliphatic heterocycles. The van der Waals surface area contributed by atoms with Crippen LogP contribution in [0.5, 0.6) is 0 Å². The monoisotopic (exact) mass is 422 g/mol. The van der Waals surface area contributed by atoms with Gasteiger partial charge in [0.25, 0.3) is 0 Å². The predicted molar refractivity (Wildman–Crippen MR) is 125 cm³/mol. The quantitative estimate of drug-likeness (QED) is 0.511. The molecule has 0 unspecified atom stereocenters. The molecule has 0 amide bonds. The van der Waals surface area contributed by atoms with Crippen LogP contribution in [0.25, 0.3) is 22.6 Å². The smallest absolute Gasteiger partial charge is 0.336 e. The van der Waals surface area contributed by atoms with Crippen LogP contribution in [0.15, 0.2) is 54.7 Å². The Hall–Kier alpha value is -3.93. The topological polar surface area (TPSA) is 71.2 Å². The molecule has 1 aliphatic carbocycles. The van der Waals surface area contributed by atoms with E-state index in [1.54, 1.807) is 12.3 Å². The summed E-state index contributed by atoms with van der Waals surface area (Å²) in [6.07, 6.45) is 6.34. The summed E-state index contributed by atoms with van der Waals surface area (Å²) in [7, 11) is 1.95. The van der Waals surface area contributed by atoms with E-state index in [9.17, 15) is 9.90 Å². The second-order valence-electron chi connectivity index (χ2n) is 8.43. The first kappa shape index (κ1) is 18.8. The highest BCUT2D eigenvalue weighted by atomic mass is 16.4. The predicted octanol–water partition coefficient (Wildman–Crippen LogP) is 4.85.